The van der Waals surface area contributed by atoms with Crippen LogP contribution in [0.3, 0.4) is 0 Å². The standard InChI is InChI=1S/C15H24N4O4S2/c1-10(2)8-11(16)14(21)19(12-4-3-5-17-9-13(12)20)25(22,23)15-18-6-7-24-15/h6-7,10-12,17H,3-5,8-9,16H2,1-2H3/t11-,12?/m0/s1. The van der Waals surface area contributed by atoms with Gasteiger partial charge in [-0.25, -0.2) is 9.29 Å². The van der Waals surface area contributed by atoms with E-state index in [2.05, 4.69) is 10.3 Å². The van der Waals surface area contributed by atoms with E-state index in [0.717, 1.165) is 11.3 Å². The van der Waals surface area contributed by atoms with E-state index in [9.17, 15) is 18.0 Å². The second-order valence-electron chi connectivity index (χ2n) is 6.47. The summed E-state index contributed by atoms with van der Waals surface area (Å²) in [4.78, 5) is 29.2. The van der Waals surface area contributed by atoms with Crippen molar-refractivity contribution in [3.63, 3.8) is 0 Å². The maximum Gasteiger partial charge on any atom is 0.294 e. The average Bonchev–Trinajstić information content (AvgIpc) is 3.00. The van der Waals surface area contributed by atoms with Crippen LogP contribution in [0.15, 0.2) is 15.9 Å². The second kappa shape index (κ2) is 8.35. The summed E-state index contributed by atoms with van der Waals surface area (Å²) in [6.07, 6.45) is 2.55. The number of hydrogen-bond acceptors (Lipinski definition) is 8. The van der Waals surface area contributed by atoms with Crippen LogP contribution in [0.4, 0.5) is 0 Å². The molecule has 1 fully saturated rings. The van der Waals surface area contributed by atoms with Gasteiger partial charge in [-0.3, -0.25) is 9.59 Å². The van der Waals surface area contributed by atoms with Gasteiger partial charge in [0.15, 0.2) is 5.78 Å². The lowest BCUT2D eigenvalue weighted by Crippen LogP contribution is -2.54. The Morgan fingerprint density at radius 1 is 1.52 bits per heavy atom. The molecule has 2 rings (SSSR count). The van der Waals surface area contributed by atoms with Gasteiger partial charge in [0.25, 0.3) is 15.9 Å². The first-order valence-corrected chi connectivity index (χ1v) is 10.5. The van der Waals surface area contributed by atoms with Crippen molar-refractivity contribution in [3.05, 3.63) is 11.6 Å². The Balaban J connectivity index is 2.44. The van der Waals surface area contributed by atoms with Gasteiger partial charge in [0.1, 0.15) is 6.04 Å². The normalized spacial score (nSPS) is 20.3. The molecule has 1 unspecified atom stereocenters. The molecule has 1 aliphatic heterocycles. The summed E-state index contributed by atoms with van der Waals surface area (Å²) in [5, 5.41) is 4.46. The minimum absolute atomic E-state index is 0.0290. The number of hydrogen-bond donors (Lipinski definition) is 2. The molecule has 1 aromatic heterocycles. The molecule has 10 heteroatoms. The molecule has 1 amide bonds. The summed E-state index contributed by atoms with van der Waals surface area (Å²) >= 11 is 0.911. The highest BCUT2D eigenvalue weighted by Crippen LogP contribution is 2.25. The molecule has 140 valence electrons. The number of Topliss-reactive ketones (excluding diaryl/α,β-unsaturated/α-hetero) is 1. The van der Waals surface area contributed by atoms with E-state index >= 15 is 0 Å². The number of thiazole rings is 1. The van der Waals surface area contributed by atoms with Crippen molar-refractivity contribution >= 4 is 33.1 Å². The molecular formula is C15H24N4O4S2. The number of ketones is 1. The molecule has 0 radical (unpaired) electrons. The molecule has 3 N–H and O–H groups in total. The fourth-order valence-corrected chi connectivity index (χ4v) is 5.34. The van der Waals surface area contributed by atoms with Crippen LogP contribution in [0.2, 0.25) is 0 Å². The summed E-state index contributed by atoms with van der Waals surface area (Å²) in [5.41, 5.74) is 5.96. The highest BCUT2D eigenvalue weighted by Gasteiger charge is 2.42. The van der Waals surface area contributed by atoms with E-state index in [1.807, 2.05) is 13.8 Å². The second-order valence-corrected chi connectivity index (χ2v) is 9.36. The molecule has 25 heavy (non-hydrogen) atoms. The highest BCUT2D eigenvalue weighted by atomic mass is 32.2. The van der Waals surface area contributed by atoms with Crippen molar-refractivity contribution in [2.45, 2.75) is 49.5 Å². The fourth-order valence-electron chi connectivity index (χ4n) is 2.79. The SMILES string of the molecule is CC(C)C[C@H](N)C(=O)N(C1CCCNCC1=O)S(=O)(=O)c1nccs1. The first kappa shape index (κ1) is 20.0. The number of amides is 1. The van der Waals surface area contributed by atoms with E-state index in [4.69, 9.17) is 5.73 Å². The number of sulfonamides is 1. The Morgan fingerprint density at radius 3 is 2.84 bits per heavy atom. The maximum absolute atomic E-state index is 13.0. The topological polar surface area (TPSA) is 122 Å². The molecule has 0 aliphatic carbocycles. The van der Waals surface area contributed by atoms with Gasteiger partial charge in [-0.15, -0.1) is 11.3 Å². The monoisotopic (exact) mass is 388 g/mol. The Hall–Kier alpha value is -1.36. The summed E-state index contributed by atoms with van der Waals surface area (Å²) in [6, 6.07) is -2.03. The smallest absolute Gasteiger partial charge is 0.294 e. The predicted molar refractivity (Wildman–Crippen MR) is 94.5 cm³/mol. The largest absolute Gasteiger partial charge is 0.320 e. The van der Waals surface area contributed by atoms with Gasteiger partial charge in [-0.1, -0.05) is 13.8 Å². The summed E-state index contributed by atoms with van der Waals surface area (Å²) in [7, 11) is -4.22. The molecule has 0 spiro atoms. The Morgan fingerprint density at radius 2 is 2.24 bits per heavy atom. The molecule has 1 saturated heterocycles. The highest BCUT2D eigenvalue weighted by molar-refractivity contribution is 7.91. The van der Waals surface area contributed by atoms with Crippen LogP contribution in [0.5, 0.6) is 0 Å². The van der Waals surface area contributed by atoms with Crippen molar-refractivity contribution in [1.29, 1.82) is 0 Å². The van der Waals surface area contributed by atoms with Gasteiger partial charge in [0, 0.05) is 11.6 Å². The third-order valence-electron chi connectivity index (χ3n) is 3.93. The third-order valence-corrected chi connectivity index (χ3v) is 6.92. The average molecular weight is 389 g/mol. The number of nitrogens with two attached hydrogens (primary N) is 1. The van der Waals surface area contributed by atoms with E-state index in [-0.39, 0.29) is 29.0 Å². The minimum Gasteiger partial charge on any atom is -0.320 e. The number of aromatic nitrogens is 1. The summed E-state index contributed by atoms with van der Waals surface area (Å²) < 4.78 is 26.5. The molecular weight excluding hydrogens is 364 g/mol. The molecule has 2 atom stereocenters. The first-order valence-electron chi connectivity index (χ1n) is 8.22. The predicted octanol–water partition coefficient (Wildman–Crippen LogP) is 0.355. The fraction of sp³-hybridized carbons (Fsp3) is 0.667. The lowest BCUT2D eigenvalue weighted by molar-refractivity contribution is -0.135. The number of carbonyl (C=O) groups excluding carboxylic acids is 2. The van der Waals surface area contributed by atoms with Crippen molar-refractivity contribution in [2.24, 2.45) is 11.7 Å². The van der Waals surface area contributed by atoms with Crippen molar-refractivity contribution in [2.75, 3.05) is 13.1 Å². The van der Waals surface area contributed by atoms with Gasteiger partial charge < -0.3 is 11.1 Å². The third kappa shape index (κ3) is 4.63. The number of nitrogens with one attached hydrogen (secondary N) is 1. The lowest BCUT2D eigenvalue weighted by Gasteiger charge is -2.30. The van der Waals surface area contributed by atoms with E-state index in [1.54, 1.807) is 0 Å². The molecule has 8 nitrogen and oxygen atoms in total. The number of carbonyl (C=O) groups is 2. The van der Waals surface area contributed by atoms with Gasteiger partial charge in [-0.05, 0) is 31.7 Å². The van der Waals surface area contributed by atoms with Crippen LogP contribution >= 0.6 is 11.3 Å². The molecule has 0 saturated carbocycles. The van der Waals surface area contributed by atoms with Crippen LogP contribution in [0.25, 0.3) is 0 Å². The number of nitrogens with zero attached hydrogens (tertiary/aromatic N) is 2. The molecule has 0 aromatic carbocycles. The van der Waals surface area contributed by atoms with Crippen LogP contribution in [-0.4, -0.2) is 54.6 Å². The lowest BCUT2D eigenvalue weighted by atomic mass is 10.0. The first-order chi connectivity index (χ1) is 11.7. The van der Waals surface area contributed by atoms with Crippen molar-refractivity contribution in [1.82, 2.24) is 14.6 Å². The van der Waals surface area contributed by atoms with Crippen molar-refractivity contribution in [3.8, 4) is 0 Å². The number of rotatable bonds is 6. The molecule has 1 aliphatic rings. The zero-order valence-electron chi connectivity index (χ0n) is 14.3. The van der Waals surface area contributed by atoms with Crippen LogP contribution < -0.4 is 11.1 Å². The Kier molecular flexibility index (Phi) is 6.66. The summed E-state index contributed by atoms with van der Waals surface area (Å²) in [6.45, 7) is 4.42. The maximum atomic E-state index is 13.0. The van der Waals surface area contributed by atoms with E-state index in [1.165, 1.54) is 11.6 Å². The van der Waals surface area contributed by atoms with E-state index < -0.39 is 28.0 Å². The quantitative estimate of drug-likeness (QED) is 0.721. The van der Waals surface area contributed by atoms with Crippen LogP contribution in [0.1, 0.15) is 33.1 Å². The molecule has 1 aromatic rings. The summed E-state index contributed by atoms with van der Waals surface area (Å²) in [5.74, 6) is -0.957. The zero-order valence-corrected chi connectivity index (χ0v) is 16.0. The Bertz CT molecular complexity index is 703. The molecule has 2 heterocycles. The zero-order chi connectivity index (χ0) is 18.6. The van der Waals surface area contributed by atoms with Crippen LogP contribution in [-0.2, 0) is 19.6 Å². The Labute approximate surface area is 151 Å². The van der Waals surface area contributed by atoms with Crippen LogP contribution in [0, 0.1) is 5.92 Å². The van der Waals surface area contributed by atoms with Gasteiger partial charge >= 0.3 is 0 Å². The molecule has 0 bridgehead atoms. The van der Waals surface area contributed by atoms with Gasteiger partial charge in [0.2, 0.25) is 4.34 Å². The van der Waals surface area contributed by atoms with E-state index in [0.29, 0.717) is 23.7 Å². The van der Waals surface area contributed by atoms with Crippen molar-refractivity contribution < 1.29 is 18.0 Å². The van der Waals surface area contributed by atoms with Gasteiger partial charge in [-0.2, -0.15) is 8.42 Å². The van der Waals surface area contributed by atoms with Gasteiger partial charge in [0.05, 0.1) is 12.6 Å². The minimum atomic E-state index is -4.22.